The second kappa shape index (κ2) is 7.97. The van der Waals surface area contributed by atoms with Gasteiger partial charge in [-0.15, -0.1) is 0 Å². The number of hydrogen-bond donors (Lipinski definition) is 2. The van der Waals surface area contributed by atoms with Crippen molar-refractivity contribution in [2.75, 3.05) is 6.54 Å². The fraction of sp³-hybridized carbons (Fsp3) is 0.556. The van der Waals surface area contributed by atoms with Crippen LogP contribution in [0.25, 0.3) is 0 Å². The standard InChI is InChI=1S/C18H25NO3/c1-2-13(14-8-4-3-5-9-14)12-19-17(20)15-10-6-7-11-16(15)18(21)22/h3-5,8-9,13,15-16H,2,6-7,10-12H2,1H3,(H,19,20)(H,21,22)/t13-,15-,16+/m1/s1. The Bertz CT molecular complexity index is 500. The van der Waals surface area contributed by atoms with Gasteiger partial charge in [0, 0.05) is 12.5 Å². The van der Waals surface area contributed by atoms with Crippen molar-refractivity contribution >= 4 is 11.9 Å². The van der Waals surface area contributed by atoms with Crippen molar-refractivity contribution < 1.29 is 14.7 Å². The van der Waals surface area contributed by atoms with Crippen LogP contribution in [-0.4, -0.2) is 23.5 Å². The van der Waals surface area contributed by atoms with Gasteiger partial charge in [0.2, 0.25) is 5.91 Å². The fourth-order valence-corrected chi connectivity index (χ4v) is 3.32. The summed E-state index contributed by atoms with van der Waals surface area (Å²) in [6.45, 7) is 2.67. The lowest BCUT2D eigenvalue weighted by Gasteiger charge is -2.28. The predicted molar refractivity (Wildman–Crippen MR) is 85.6 cm³/mol. The molecular weight excluding hydrogens is 278 g/mol. The van der Waals surface area contributed by atoms with Crippen LogP contribution in [0.5, 0.6) is 0 Å². The Morgan fingerprint density at radius 1 is 1.18 bits per heavy atom. The lowest BCUT2D eigenvalue weighted by molar-refractivity contribution is -0.148. The minimum atomic E-state index is -0.838. The zero-order valence-corrected chi connectivity index (χ0v) is 13.1. The topological polar surface area (TPSA) is 66.4 Å². The largest absolute Gasteiger partial charge is 0.481 e. The predicted octanol–water partition coefficient (Wildman–Crippen LogP) is 3.19. The number of amides is 1. The molecule has 22 heavy (non-hydrogen) atoms. The van der Waals surface area contributed by atoms with E-state index in [4.69, 9.17) is 0 Å². The van der Waals surface area contributed by atoms with E-state index >= 15 is 0 Å². The van der Waals surface area contributed by atoms with E-state index in [0.29, 0.717) is 19.4 Å². The number of carbonyl (C=O) groups is 2. The molecular formula is C18H25NO3. The van der Waals surface area contributed by atoms with Crippen molar-refractivity contribution in [2.24, 2.45) is 11.8 Å². The molecule has 0 aromatic heterocycles. The summed E-state index contributed by atoms with van der Waals surface area (Å²) in [5.41, 5.74) is 1.21. The quantitative estimate of drug-likeness (QED) is 0.848. The highest BCUT2D eigenvalue weighted by Crippen LogP contribution is 2.30. The summed E-state index contributed by atoms with van der Waals surface area (Å²) >= 11 is 0. The van der Waals surface area contributed by atoms with Crippen LogP contribution >= 0.6 is 0 Å². The van der Waals surface area contributed by atoms with Gasteiger partial charge in [-0.25, -0.2) is 0 Å². The van der Waals surface area contributed by atoms with Gasteiger partial charge in [-0.3, -0.25) is 9.59 Å². The van der Waals surface area contributed by atoms with Crippen LogP contribution in [0, 0.1) is 11.8 Å². The highest BCUT2D eigenvalue weighted by atomic mass is 16.4. The molecule has 0 unspecified atom stereocenters. The Hall–Kier alpha value is -1.84. The first-order valence-corrected chi connectivity index (χ1v) is 8.19. The molecule has 1 aliphatic carbocycles. The van der Waals surface area contributed by atoms with Crippen LogP contribution in [0.2, 0.25) is 0 Å². The molecule has 120 valence electrons. The number of carboxylic acid groups (broad SMARTS) is 1. The summed E-state index contributed by atoms with van der Waals surface area (Å²) in [4.78, 5) is 23.7. The molecule has 4 heteroatoms. The van der Waals surface area contributed by atoms with E-state index in [1.165, 1.54) is 5.56 Å². The highest BCUT2D eigenvalue weighted by molar-refractivity contribution is 5.84. The van der Waals surface area contributed by atoms with Crippen molar-refractivity contribution in [3.63, 3.8) is 0 Å². The summed E-state index contributed by atoms with van der Waals surface area (Å²) in [7, 11) is 0. The third-order valence-electron chi connectivity index (χ3n) is 4.71. The molecule has 1 fully saturated rings. The second-order valence-electron chi connectivity index (χ2n) is 6.10. The Morgan fingerprint density at radius 3 is 2.41 bits per heavy atom. The van der Waals surface area contributed by atoms with Crippen molar-refractivity contribution in [3.8, 4) is 0 Å². The fourth-order valence-electron chi connectivity index (χ4n) is 3.32. The second-order valence-corrected chi connectivity index (χ2v) is 6.10. The normalized spacial score (nSPS) is 22.8. The van der Waals surface area contributed by atoms with Crippen LogP contribution < -0.4 is 5.32 Å². The Morgan fingerprint density at radius 2 is 1.82 bits per heavy atom. The number of carboxylic acids is 1. The molecule has 1 amide bonds. The Labute approximate surface area is 131 Å². The first kappa shape index (κ1) is 16.5. The van der Waals surface area contributed by atoms with Gasteiger partial charge in [0.05, 0.1) is 11.8 Å². The maximum absolute atomic E-state index is 12.4. The molecule has 2 N–H and O–H groups in total. The van der Waals surface area contributed by atoms with Gasteiger partial charge in [-0.05, 0) is 24.8 Å². The van der Waals surface area contributed by atoms with E-state index in [9.17, 15) is 14.7 Å². The molecule has 1 saturated carbocycles. The molecule has 1 aliphatic rings. The summed E-state index contributed by atoms with van der Waals surface area (Å²) in [5.74, 6) is -1.56. The van der Waals surface area contributed by atoms with Crippen LogP contribution in [0.15, 0.2) is 30.3 Å². The van der Waals surface area contributed by atoms with E-state index in [1.807, 2.05) is 18.2 Å². The highest BCUT2D eigenvalue weighted by Gasteiger charge is 2.35. The van der Waals surface area contributed by atoms with E-state index in [1.54, 1.807) is 0 Å². The summed E-state index contributed by atoms with van der Waals surface area (Å²) < 4.78 is 0. The van der Waals surface area contributed by atoms with E-state index < -0.39 is 11.9 Å². The Kier molecular flexibility index (Phi) is 5.99. The number of benzene rings is 1. The number of aliphatic carboxylic acids is 1. The molecule has 1 aromatic rings. The zero-order chi connectivity index (χ0) is 15.9. The van der Waals surface area contributed by atoms with Gasteiger partial charge >= 0.3 is 5.97 Å². The third-order valence-corrected chi connectivity index (χ3v) is 4.71. The number of carbonyl (C=O) groups excluding carboxylic acids is 1. The monoisotopic (exact) mass is 303 g/mol. The third kappa shape index (κ3) is 4.09. The molecule has 3 atom stereocenters. The molecule has 0 radical (unpaired) electrons. The molecule has 2 rings (SSSR count). The molecule has 0 spiro atoms. The minimum absolute atomic E-state index is 0.0959. The van der Waals surface area contributed by atoms with Gasteiger partial charge in [0.15, 0.2) is 0 Å². The summed E-state index contributed by atoms with van der Waals surface area (Å²) in [6.07, 6.45) is 4.09. The summed E-state index contributed by atoms with van der Waals surface area (Å²) in [5, 5.41) is 12.3. The zero-order valence-electron chi connectivity index (χ0n) is 13.1. The lowest BCUT2D eigenvalue weighted by Crippen LogP contribution is -2.41. The molecule has 0 saturated heterocycles. The van der Waals surface area contributed by atoms with Gasteiger partial charge in [-0.1, -0.05) is 50.1 Å². The van der Waals surface area contributed by atoms with Gasteiger partial charge < -0.3 is 10.4 Å². The first-order chi connectivity index (χ1) is 10.6. The molecule has 0 bridgehead atoms. The Balaban J connectivity index is 1.94. The maximum Gasteiger partial charge on any atom is 0.307 e. The van der Waals surface area contributed by atoms with E-state index in [0.717, 1.165) is 19.3 Å². The van der Waals surface area contributed by atoms with Gasteiger partial charge in [-0.2, -0.15) is 0 Å². The number of rotatable bonds is 6. The van der Waals surface area contributed by atoms with Crippen LogP contribution in [0.4, 0.5) is 0 Å². The maximum atomic E-state index is 12.4. The number of nitrogens with one attached hydrogen (secondary N) is 1. The van der Waals surface area contributed by atoms with Crippen LogP contribution in [0.3, 0.4) is 0 Å². The average molecular weight is 303 g/mol. The molecule has 0 aliphatic heterocycles. The smallest absolute Gasteiger partial charge is 0.307 e. The summed E-state index contributed by atoms with van der Waals surface area (Å²) in [6, 6.07) is 10.1. The lowest BCUT2D eigenvalue weighted by atomic mass is 9.78. The minimum Gasteiger partial charge on any atom is -0.481 e. The molecule has 4 nitrogen and oxygen atoms in total. The van der Waals surface area contributed by atoms with E-state index in [-0.39, 0.29) is 17.7 Å². The number of hydrogen-bond acceptors (Lipinski definition) is 2. The van der Waals surface area contributed by atoms with Crippen molar-refractivity contribution in [2.45, 2.75) is 44.9 Å². The van der Waals surface area contributed by atoms with Crippen molar-refractivity contribution in [3.05, 3.63) is 35.9 Å². The van der Waals surface area contributed by atoms with Gasteiger partial charge in [0.1, 0.15) is 0 Å². The van der Waals surface area contributed by atoms with Crippen molar-refractivity contribution in [1.82, 2.24) is 5.32 Å². The first-order valence-electron chi connectivity index (χ1n) is 8.19. The SMILES string of the molecule is CC[C@H](CNC(=O)[C@@H]1CCCC[C@@H]1C(=O)O)c1ccccc1. The van der Waals surface area contributed by atoms with Crippen LogP contribution in [-0.2, 0) is 9.59 Å². The van der Waals surface area contributed by atoms with E-state index in [2.05, 4.69) is 24.4 Å². The van der Waals surface area contributed by atoms with Gasteiger partial charge in [0.25, 0.3) is 0 Å². The average Bonchev–Trinajstić information content (AvgIpc) is 2.56. The van der Waals surface area contributed by atoms with Crippen LogP contribution in [0.1, 0.15) is 50.5 Å². The molecule has 0 heterocycles. The molecule has 1 aromatic carbocycles. The van der Waals surface area contributed by atoms with Crippen molar-refractivity contribution in [1.29, 1.82) is 0 Å².